The molecule has 7 aliphatic rings. The zero-order valence-electron chi connectivity index (χ0n) is 66.2. The Balaban J connectivity index is 0.718. The van der Waals surface area contributed by atoms with E-state index in [0.717, 1.165) is 15.3 Å². The number of hydrogen-bond donors (Lipinski definition) is 12. The monoisotopic (exact) mass is 1880 g/mol. The first kappa shape index (κ1) is 91.3. The highest BCUT2D eigenvalue weighted by atomic mass is 32.5. The predicted molar refractivity (Wildman–Crippen MR) is 435 cm³/mol. The Morgan fingerprint density at radius 2 is 0.919 bits per heavy atom. The standard InChI is InChI=1S/C64H88N20O31P4S4/c1-9-30-36(39(98-13-10-95-6)55(107-30)82-23-71-33-47(66)69-22-70-48(33)82)112-116(91,120)101-19-32-38(41(100-15-12-97-8)56(109-32)83-24-72-34-49(83)75-59(67)77-52(34)87)113-117(92,121)102-18-31-37(40(99-14-11-96-7)54(108-31)80-17-27(3)51(86)79-62(80)90)114-118(93,122)104-21-64-29(5)106-43(58(111-64)81-16-26(2)46(65)74-61(81)89)45(64)115-119(94,123)103-20-63-28(4)105-42(44(63)85)57(110-63)84-25-73-35-50(84)76-60(68)78-53(35)88/h16-17,22-25,28-32,36-45,54-58,85H,9-15,18-21H2,1-8H3,(H,91,120)(H,92,121)(H,93,122)(H,94,123)(H2,65,74,89)(H2,66,69,70)(H,79,86,90)(H3,67,75,77,87)(H3,68,76,78,88)/t28-,29-,30+,31+,32+,36-,37-,38-,39?,40?,41?,42?,43?,44+,45+,54+,55+,56+,57+,58+,63-,64-,116?,117?,118?,119?/m0/s1. The average Bonchev–Trinajstić information content (AvgIpc) is 1.55. The van der Waals surface area contributed by atoms with Gasteiger partial charge in [-0.25, -0.2) is 34.5 Å². The van der Waals surface area contributed by atoms with E-state index in [1.165, 1.54) is 75.8 Å². The molecule has 26 atom stereocenters. The molecule has 7 fully saturated rings. The molecule has 0 radical (unpaired) electrons. The van der Waals surface area contributed by atoms with Crippen LogP contribution < -0.4 is 51.0 Å². The van der Waals surface area contributed by atoms with Gasteiger partial charge in [0.15, 0.2) is 64.9 Å². The highest BCUT2D eigenvalue weighted by Gasteiger charge is 2.70. The van der Waals surface area contributed by atoms with Crippen molar-refractivity contribution in [3.63, 3.8) is 0 Å². The fourth-order valence-corrected chi connectivity index (χ4v) is 21.4. The topological polar surface area (TPSA) is 660 Å². The van der Waals surface area contributed by atoms with E-state index in [0.29, 0.717) is 5.56 Å². The smallest absolute Gasteiger partial charge is 0.351 e. The average molecular weight is 1890 g/mol. The first-order valence-electron chi connectivity index (χ1n) is 37.7. The molecule has 0 spiro atoms. The van der Waals surface area contributed by atoms with E-state index in [9.17, 15) is 48.7 Å². The normalized spacial score (nSPS) is 32.5. The summed E-state index contributed by atoms with van der Waals surface area (Å²) in [7, 11) is 4.23. The second kappa shape index (κ2) is 36.2. The van der Waals surface area contributed by atoms with E-state index < -0.39 is 215 Å². The summed E-state index contributed by atoms with van der Waals surface area (Å²) in [5, 5.41) is 11.9. The van der Waals surface area contributed by atoms with Gasteiger partial charge in [-0.1, -0.05) is 6.92 Å². The van der Waals surface area contributed by atoms with E-state index in [4.69, 9.17) is 168 Å². The second-order valence-electron chi connectivity index (χ2n) is 29.3. The van der Waals surface area contributed by atoms with Gasteiger partial charge >= 0.3 is 38.3 Å². The fraction of sp³-hybridized carbons (Fsp3) is 0.641. The third kappa shape index (κ3) is 18.0. The van der Waals surface area contributed by atoms with Gasteiger partial charge in [0, 0.05) is 44.8 Å². The number of nitrogen functional groups attached to an aromatic ring is 4. The number of aryl methyl sites for hydroxylation is 2. The Morgan fingerprint density at radius 1 is 0.480 bits per heavy atom. The van der Waals surface area contributed by atoms with Gasteiger partial charge in [-0.2, -0.15) is 15.0 Å². The second-order valence-corrected chi connectivity index (χ2v) is 40.5. The third-order valence-corrected chi connectivity index (χ3v) is 27.9. The number of nitrogens with zero attached hydrogens (tertiary/aromatic N) is 13. The van der Waals surface area contributed by atoms with Gasteiger partial charge < -0.3 is 127 Å². The van der Waals surface area contributed by atoms with Crippen molar-refractivity contribution in [2.45, 2.75) is 175 Å². The van der Waals surface area contributed by atoms with Crippen LogP contribution in [0.3, 0.4) is 0 Å². The number of H-pyrrole nitrogens is 3. The molecule has 51 nitrogen and oxygen atoms in total. The Hall–Kier alpha value is -6.43. The van der Waals surface area contributed by atoms with Crippen LogP contribution in [0.5, 0.6) is 0 Å². The molecule has 59 heteroatoms. The predicted octanol–water partition coefficient (Wildman–Crippen LogP) is -2.01. The number of imidazole rings is 3. The molecule has 9 unspecified atom stereocenters. The van der Waals surface area contributed by atoms with Crippen LogP contribution in [0, 0.1) is 13.8 Å². The van der Waals surface area contributed by atoms with Crippen LogP contribution in [-0.2, 0) is 145 Å². The van der Waals surface area contributed by atoms with Gasteiger partial charge in [-0.05, 0) is 81.3 Å². The lowest BCUT2D eigenvalue weighted by atomic mass is 9.94. The van der Waals surface area contributed by atoms with Crippen molar-refractivity contribution >= 4 is 131 Å². The molecule has 0 aliphatic carbocycles. The maximum absolute atomic E-state index is 14.0. The molecule has 0 aromatic carbocycles. The number of aliphatic hydroxyl groups excluding tert-OH is 1. The van der Waals surface area contributed by atoms with Crippen LogP contribution in [0.1, 0.15) is 69.5 Å². The van der Waals surface area contributed by atoms with Crippen LogP contribution in [0.2, 0.25) is 0 Å². The van der Waals surface area contributed by atoms with Crippen molar-refractivity contribution in [3.05, 3.63) is 101 Å². The lowest BCUT2D eigenvalue weighted by Gasteiger charge is -2.38. The van der Waals surface area contributed by atoms with E-state index in [2.05, 4.69) is 54.8 Å². The number of fused-ring (bicyclic) bond motifs is 7. The van der Waals surface area contributed by atoms with Crippen LogP contribution >= 0.6 is 26.9 Å². The summed E-state index contributed by atoms with van der Waals surface area (Å²) in [6.45, 7) is -15.3. The zero-order valence-corrected chi connectivity index (χ0v) is 73.0. The Kier molecular flexibility index (Phi) is 26.9. The summed E-state index contributed by atoms with van der Waals surface area (Å²) in [6.07, 6.45) is -19.7. The Morgan fingerprint density at radius 3 is 1.46 bits per heavy atom. The summed E-state index contributed by atoms with van der Waals surface area (Å²) < 4.78 is 138. The number of aliphatic hydroxyl groups is 1. The van der Waals surface area contributed by atoms with Crippen molar-refractivity contribution in [3.8, 4) is 0 Å². The van der Waals surface area contributed by atoms with E-state index in [1.54, 1.807) is 25.3 Å². The lowest BCUT2D eigenvalue weighted by molar-refractivity contribution is -0.217. The van der Waals surface area contributed by atoms with Crippen LogP contribution in [-0.4, -0.2) is 292 Å². The number of rotatable bonds is 38. The number of aromatic nitrogens is 16. The van der Waals surface area contributed by atoms with E-state index in [-0.39, 0.29) is 109 Å². The summed E-state index contributed by atoms with van der Waals surface area (Å²) >= 11 is 23.3. The molecule has 0 saturated carbocycles. The number of nitrogens with two attached hydrogens (primary N) is 4. The summed E-state index contributed by atoms with van der Waals surface area (Å²) in [5.74, 6) is -0.596. The first-order chi connectivity index (χ1) is 58.4. The number of hydrogen-bond acceptors (Lipinski definition) is 43. The van der Waals surface area contributed by atoms with Gasteiger partial charge in [0.1, 0.15) is 102 Å². The van der Waals surface area contributed by atoms with E-state index in [1.807, 2.05) is 0 Å². The van der Waals surface area contributed by atoms with Gasteiger partial charge in [0.05, 0.1) is 103 Å². The number of methoxy groups -OCH3 is 3. The Labute approximate surface area is 713 Å². The van der Waals surface area contributed by atoms with Crippen molar-refractivity contribution < 1.29 is 122 Å². The van der Waals surface area contributed by atoms with Crippen molar-refractivity contribution in [2.24, 2.45) is 0 Å². The van der Waals surface area contributed by atoms with Crippen molar-refractivity contribution in [1.82, 2.24) is 77.7 Å². The van der Waals surface area contributed by atoms with Crippen LogP contribution in [0.15, 0.2) is 61.7 Å². The minimum atomic E-state index is -4.99. The highest BCUT2D eigenvalue weighted by molar-refractivity contribution is 8.08. The molecule has 16 N–H and O–H groups in total. The molecule has 7 saturated heterocycles. The molecular formula is C64H88N20O31P4S4. The van der Waals surface area contributed by atoms with E-state index >= 15 is 0 Å². The molecule has 7 aliphatic heterocycles. The van der Waals surface area contributed by atoms with Gasteiger partial charge in [0.25, 0.3) is 16.7 Å². The molecule has 8 aromatic rings. The maximum atomic E-state index is 14.0. The van der Waals surface area contributed by atoms with Gasteiger partial charge in [-0.3, -0.25) is 70.3 Å². The lowest BCUT2D eigenvalue weighted by Crippen LogP contribution is -2.51. The fourth-order valence-electron chi connectivity index (χ4n) is 15.7. The van der Waals surface area contributed by atoms with Crippen molar-refractivity contribution in [1.29, 1.82) is 0 Å². The molecule has 0 amide bonds. The first-order valence-corrected chi connectivity index (χ1v) is 48.1. The Bertz CT molecular complexity index is 5780. The number of aromatic amines is 3. The van der Waals surface area contributed by atoms with Crippen LogP contribution in [0.25, 0.3) is 33.5 Å². The maximum Gasteiger partial charge on any atom is 0.351 e. The molecule has 123 heavy (non-hydrogen) atoms. The molecule has 15 heterocycles. The van der Waals surface area contributed by atoms with Crippen LogP contribution in [0.4, 0.5) is 23.5 Å². The highest BCUT2D eigenvalue weighted by Crippen LogP contribution is 2.62. The third-order valence-electron chi connectivity index (χ3n) is 21.7. The zero-order chi connectivity index (χ0) is 87.9. The molecule has 15 rings (SSSR count). The number of ether oxygens (including phenoxy) is 13. The van der Waals surface area contributed by atoms with Gasteiger partial charge in [0.2, 0.25) is 11.9 Å². The number of nitrogens with one attached hydrogen (secondary N) is 3. The quantitative estimate of drug-likeness (QED) is 0.0147. The molecular weight excluding hydrogens is 1800 g/mol. The summed E-state index contributed by atoms with van der Waals surface area (Å²) in [5.41, 5.74) is 16.6. The largest absolute Gasteiger partial charge is 0.387 e. The molecule has 4 bridgehead atoms. The molecule has 674 valence electrons. The minimum absolute atomic E-state index is 0.000555. The van der Waals surface area contributed by atoms with Gasteiger partial charge in [-0.15, -0.1) is 0 Å². The summed E-state index contributed by atoms with van der Waals surface area (Å²) in [6, 6.07) is 0. The van der Waals surface area contributed by atoms with Crippen molar-refractivity contribution in [2.75, 3.05) is 110 Å². The molecule has 8 aromatic heterocycles. The summed E-state index contributed by atoms with van der Waals surface area (Å²) in [4.78, 5) is 158. The SMILES string of the molecule is CC[C@H]1O[C@@H](n2cnc3c(N)ncnc32)C(OCCOC)[C@H]1OP(O)(=S)OC[C@H]1O[C@@H](n2cnc3c(=O)[nH]c(N)nc32)C(OCCOC)[C@H]1OP(O)(=S)OC[C@H]1O[C@@H](n2cc(C)c(=O)[nH]c2=O)C(OCCOC)[C@H]1OP(O)(=S)OC[C@]12O[C@@H](n3cc(C)c(N)nc3=O)C(O[C@H]1C)[C@H]2OP(O)(=S)OC[C@]12O[C@@H](n3cnc4c(=O)[nH]c(N)nc43)C(O[C@H]1C)[C@H]2O. The minimum Gasteiger partial charge on any atom is -0.387 e. The number of anilines is 4.